The van der Waals surface area contributed by atoms with Crippen molar-refractivity contribution in [2.45, 2.75) is 13.5 Å². The number of rotatable bonds is 6. The van der Waals surface area contributed by atoms with Crippen LogP contribution in [0.1, 0.15) is 11.1 Å². The summed E-state index contributed by atoms with van der Waals surface area (Å²) >= 11 is 0. The Balaban J connectivity index is 1.29. The predicted octanol–water partition coefficient (Wildman–Crippen LogP) is 4.97. The Labute approximate surface area is 189 Å². The van der Waals surface area contributed by atoms with Gasteiger partial charge in [-0.2, -0.15) is 0 Å². The van der Waals surface area contributed by atoms with Crippen molar-refractivity contribution in [1.82, 2.24) is 4.90 Å². The molecule has 0 aromatic heterocycles. The van der Waals surface area contributed by atoms with Crippen LogP contribution in [-0.4, -0.2) is 44.2 Å². The van der Waals surface area contributed by atoms with Crippen LogP contribution in [0.3, 0.4) is 0 Å². The number of ether oxygens (including phenoxy) is 1. The fraction of sp³-hybridized carbons (Fsp3) is 0.269. The van der Waals surface area contributed by atoms with Crippen molar-refractivity contribution in [2.75, 3.05) is 48.8 Å². The van der Waals surface area contributed by atoms with Crippen molar-refractivity contribution in [1.29, 1.82) is 0 Å². The Hall–Kier alpha value is -3.51. The third-order valence-electron chi connectivity index (χ3n) is 5.71. The maximum Gasteiger partial charge on any atom is 0.323 e. The van der Waals surface area contributed by atoms with E-state index in [1.807, 2.05) is 37.3 Å². The second-order valence-corrected chi connectivity index (χ2v) is 8.08. The normalized spacial score (nSPS) is 14.1. The highest BCUT2D eigenvalue weighted by Gasteiger charge is 2.17. The zero-order chi connectivity index (χ0) is 22.3. The van der Waals surface area contributed by atoms with Crippen LogP contribution >= 0.6 is 0 Å². The van der Waals surface area contributed by atoms with Gasteiger partial charge in [0.15, 0.2) is 0 Å². The molecule has 3 aromatic rings. The average molecular weight is 431 g/mol. The number of carbonyl (C=O) groups is 1. The summed E-state index contributed by atoms with van der Waals surface area (Å²) in [6.07, 6.45) is 0. The maximum atomic E-state index is 12.4. The number of aryl methyl sites for hydroxylation is 1. The van der Waals surface area contributed by atoms with E-state index in [0.717, 1.165) is 44.0 Å². The van der Waals surface area contributed by atoms with E-state index in [9.17, 15) is 4.79 Å². The molecule has 1 saturated heterocycles. The summed E-state index contributed by atoms with van der Waals surface area (Å²) in [5.41, 5.74) is 4.98. The first-order valence-corrected chi connectivity index (χ1v) is 10.9. The summed E-state index contributed by atoms with van der Waals surface area (Å²) in [5, 5.41) is 5.76. The largest absolute Gasteiger partial charge is 0.495 e. The molecule has 0 aliphatic carbocycles. The third kappa shape index (κ3) is 5.59. The molecule has 32 heavy (non-hydrogen) atoms. The van der Waals surface area contributed by atoms with Crippen LogP contribution in [0.4, 0.5) is 21.9 Å². The first-order valence-electron chi connectivity index (χ1n) is 10.9. The molecule has 1 aliphatic heterocycles. The van der Waals surface area contributed by atoms with Crippen LogP contribution in [-0.2, 0) is 6.54 Å². The summed E-state index contributed by atoms with van der Waals surface area (Å²) in [6, 6.07) is 24.0. The van der Waals surface area contributed by atoms with Gasteiger partial charge in [0.25, 0.3) is 0 Å². The highest BCUT2D eigenvalue weighted by Crippen LogP contribution is 2.26. The molecule has 0 saturated carbocycles. The molecular weight excluding hydrogens is 400 g/mol. The molecule has 166 valence electrons. The minimum atomic E-state index is -0.295. The molecule has 0 radical (unpaired) electrons. The molecule has 3 aromatic carbocycles. The fourth-order valence-electron chi connectivity index (χ4n) is 3.97. The summed E-state index contributed by atoms with van der Waals surface area (Å²) in [5.74, 6) is 0.632. The van der Waals surface area contributed by atoms with Crippen LogP contribution in [0.25, 0.3) is 0 Å². The van der Waals surface area contributed by atoms with E-state index in [-0.39, 0.29) is 6.03 Å². The van der Waals surface area contributed by atoms with Crippen LogP contribution in [0.5, 0.6) is 5.75 Å². The topological polar surface area (TPSA) is 56.8 Å². The zero-order valence-corrected chi connectivity index (χ0v) is 18.7. The molecule has 1 fully saturated rings. The van der Waals surface area contributed by atoms with Gasteiger partial charge >= 0.3 is 6.03 Å². The first-order chi connectivity index (χ1) is 15.6. The second-order valence-electron chi connectivity index (χ2n) is 8.08. The highest BCUT2D eigenvalue weighted by molar-refractivity contribution is 6.00. The first kappa shape index (κ1) is 21.7. The van der Waals surface area contributed by atoms with Crippen LogP contribution in [0.2, 0.25) is 0 Å². The van der Waals surface area contributed by atoms with Crippen LogP contribution < -0.4 is 20.3 Å². The molecular formula is C26H30N4O2. The molecule has 0 atom stereocenters. The number of methoxy groups -OCH3 is 1. The van der Waals surface area contributed by atoms with E-state index in [1.165, 1.54) is 11.3 Å². The number of benzene rings is 3. The number of hydrogen-bond donors (Lipinski definition) is 2. The highest BCUT2D eigenvalue weighted by atomic mass is 16.5. The molecule has 6 heteroatoms. The molecule has 0 unspecified atom stereocenters. The van der Waals surface area contributed by atoms with Gasteiger partial charge in [-0.05, 0) is 54.4 Å². The Morgan fingerprint density at radius 3 is 2.31 bits per heavy atom. The number of carbonyl (C=O) groups excluding carboxylic acids is 1. The minimum Gasteiger partial charge on any atom is -0.495 e. The smallest absolute Gasteiger partial charge is 0.323 e. The maximum absolute atomic E-state index is 12.4. The minimum absolute atomic E-state index is 0.295. The number of anilines is 3. The molecule has 4 rings (SSSR count). The number of piperazine rings is 1. The van der Waals surface area contributed by atoms with Crippen molar-refractivity contribution < 1.29 is 9.53 Å². The predicted molar refractivity (Wildman–Crippen MR) is 131 cm³/mol. The molecule has 2 amide bonds. The van der Waals surface area contributed by atoms with Gasteiger partial charge < -0.3 is 20.3 Å². The van der Waals surface area contributed by atoms with Gasteiger partial charge in [0.1, 0.15) is 5.75 Å². The van der Waals surface area contributed by atoms with Gasteiger partial charge in [0, 0.05) is 44.1 Å². The van der Waals surface area contributed by atoms with E-state index in [1.54, 1.807) is 7.11 Å². The molecule has 6 nitrogen and oxygen atoms in total. The summed E-state index contributed by atoms with van der Waals surface area (Å²) < 4.78 is 5.32. The molecule has 1 aliphatic rings. The lowest BCUT2D eigenvalue weighted by Gasteiger charge is -2.36. The van der Waals surface area contributed by atoms with Crippen molar-refractivity contribution in [3.05, 3.63) is 83.9 Å². The van der Waals surface area contributed by atoms with Gasteiger partial charge in [-0.1, -0.05) is 36.4 Å². The van der Waals surface area contributed by atoms with E-state index in [2.05, 4.69) is 62.9 Å². The van der Waals surface area contributed by atoms with Gasteiger partial charge in [0.2, 0.25) is 0 Å². The van der Waals surface area contributed by atoms with Gasteiger partial charge in [-0.25, -0.2) is 4.79 Å². The number of amides is 2. The van der Waals surface area contributed by atoms with Crippen molar-refractivity contribution in [2.24, 2.45) is 0 Å². The standard InChI is InChI=1S/C26H30N4O2/c1-20-8-13-25(32-2)24(18-20)28-26(31)27-22-9-11-23(12-10-22)30-16-14-29(15-17-30)19-21-6-4-3-5-7-21/h3-13,18H,14-17,19H2,1-2H3,(H2,27,28,31). The lowest BCUT2D eigenvalue weighted by molar-refractivity contribution is 0.250. The summed E-state index contributed by atoms with van der Waals surface area (Å²) in [6.45, 7) is 7.03. The van der Waals surface area contributed by atoms with E-state index >= 15 is 0 Å². The number of urea groups is 1. The molecule has 2 N–H and O–H groups in total. The van der Waals surface area contributed by atoms with E-state index < -0.39 is 0 Å². The van der Waals surface area contributed by atoms with Crippen molar-refractivity contribution in [3.8, 4) is 5.75 Å². The van der Waals surface area contributed by atoms with E-state index in [0.29, 0.717) is 11.4 Å². The Kier molecular flexibility index (Phi) is 6.92. The van der Waals surface area contributed by atoms with Gasteiger partial charge in [0.05, 0.1) is 12.8 Å². The van der Waals surface area contributed by atoms with Crippen molar-refractivity contribution in [3.63, 3.8) is 0 Å². The quantitative estimate of drug-likeness (QED) is 0.580. The average Bonchev–Trinajstić information content (AvgIpc) is 2.81. The summed E-state index contributed by atoms with van der Waals surface area (Å²) in [7, 11) is 1.59. The Bertz CT molecular complexity index is 1030. The monoisotopic (exact) mass is 430 g/mol. The number of nitrogens with one attached hydrogen (secondary N) is 2. The molecule has 0 bridgehead atoms. The van der Waals surface area contributed by atoms with Crippen LogP contribution in [0, 0.1) is 6.92 Å². The van der Waals surface area contributed by atoms with E-state index in [4.69, 9.17) is 4.74 Å². The third-order valence-corrected chi connectivity index (χ3v) is 5.71. The number of hydrogen-bond acceptors (Lipinski definition) is 4. The van der Waals surface area contributed by atoms with Crippen LogP contribution in [0.15, 0.2) is 72.8 Å². The zero-order valence-electron chi connectivity index (χ0n) is 18.7. The lowest BCUT2D eigenvalue weighted by atomic mass is 10.2. The SMILES string of the molecule is COc1ccc(C)cc1NC(=O)Nc1ccc(N2CCN(Cc3ccccc3)CC2)cc1. The lowest BCUT2D eigenvalue weighted by Crippen LogP contribution is -2.45. The second kappa shape index (κ2) is 10.2. The van der Waals surface area contributed by atoms with Crippen molar-refractivity contribution >= 4 is 23.1 Å². The fourth-order valence-corrected chi connectivity index (χ4v) is 3.97. The van der Waals surface area contributed by atoms with Gasteiger partial charge in [-0.15, -0.1) is 0 Å². The Morgan fingerprint density at radius 1 is 0.906 bits per heavy atom. The molecule has 0 spiro atoms. The Morgan fingerprint density at radius 2 is 1.62 bits per heavy atom. The summed E-state index contributed by atoms with van der Waals surface area (Å²) in [4.78, 5) is 17.3. The van der Waals surface area contributed by atoms with Gasteiger partial charge in [-0.3, -0.25) is 4.90 Å². The molecule has 1 heterocycles. The number of nitrogens with zero attached hydrogens (tertiary/aromatic N) is 2.